The third kappa shape index (κ3) is 5.71. The van der Waals surface area contributed by atoms with Crippen molar-refractivity contribution in [2.45, 2.75) is 24.0 Å². The minimum Gasteiger partial charge on any atom is -0.345 e. The zero-order chi connectivity index (χ0) is 21.7. The number of nitrogens with zero attached hydrogens (tertiary/aromatic N) is 3. The number of hydrogen-bond acceptors (Lipinski definition) is 4. The number of halogens is 4. The highest BCUT2D eigenvalue weighted by atomic mass is 35.5. The van der Waals surface area contributed by atoms with Crippen molar-refractivity contribution < 1.29 is 4.79 Å². The van der Waals surface area contributed by atoms with Gasteiger partial charge in [0.15, 0.2) is 11.0 Å². The first kappa shape index (κ1) is 23.0. The van der Waals surface area contributed by atoms with E-state index in [0.29, 0.717) is 43.9 Å². The Morgan fingerprint density at radius 2 is 1.77 bits per heavy atom. The molecule has 3 rings (SSSR count). The zero-order valence-corrected chi connectivity index (χ0v) is 19.4. The molecular weight excluding hydrogens is 486 g/mol. The van der Waals surface area contributed by atoms with E-state index in [0.717, 1.165) is 5.56 Å². The minimum absolute atomic E-state index is 0.181. The molecule has 1 heterocycles. The lowest BCUT2D eigenvalue weighted by Gasteiger charge is -2.10. The van der Waals surface area contributed by atoms with Gasteiger partial charge < -0.3 is 9.88 Å². The molecule has 3 aromatic rings. The van der Waals surface area contributed by atoms with Crippen molar-refractivity contribution >= 4 is 64.1 Å². The van der Waals surface area contributed by atoms with Crippen LogP contribution in [0.1, 0.15) is 21.7 Å². The van der Waals surface area contributed by atoms with E-state index in [2.05, 4.69) is 22.1 Å². The maximum atomic E-state index is 12.5. The van der Waals surface area contributed by atoms with Crippen molar-refractivity contribution in [3.05, 3.63) is 86.1 Å². The fraction of sp³-hybridized carbons (Fsp3) is 0.150. The molecule has 2 aromatic carbocycles. The van der Waals surface area contributed by atoms with Crippen LogP contribution in [0, 0.1) is 0 Å². The van der Waals surface area contributed by atoms with Gasteiger partial charge in [-0.25, -0.2) is 0 Å². The predicted octanol–water partition coefficient (Wildman–Crippen LogP) is 6.30. The van der Waals surface area contributed by atoms with E-state index in [9.17, 15) is 4.79 Å². The largest absolute Gasteiger partial charge is 0.345 e. The first-order valence-electron chi connectivity index (χ1n) is 8.72. The first-order chi connectivity index (χ1) is 14.4. The number of aromatic nitrogens is 3. The Morgan fingerprint density at radius 3 is 2.43 bits per heavy atom. The van der Waals surface area contributed by atoms with Gasteiger partial charge >= 0.3 is 0 Å². The molecule has 0 spiro atoms. The quantitative estimate of drug-likeness (QED) is 0.290. The molecule has 10 heteroatoms. The van der Waals surface area contributed by atoms with E-state index in [1.165, 1.54) is 17.8 Å². The van der Waals surface area contributed by atoms with Crippen LogP contribution in [-0.2, 0) is 18.8 Å². The molecule has 0 radical (unpaired) electrons. The zero-order valence-electron chi connectivity index (χ0n) is 15.5. The highest BCUT2D eigenvalue weighted by molar-refractivity contribution is 7.98. The molecule has 1 N–H and O–H groups in total. The van der Waals surface area contributed by atoms with E-state index in [1.54, 1.807) is 30.3 Å². The summed E-state index contributed by atoms with van der Waals surface area (Å²) >= 11 is 25.7. The van der Waals surface area contributed by atoms with Crippen LogP contribution in [0.4, 0.5) is 0 Å². The van der Waals surface area contributed by atoms with Crippen LogP contribution in [0.15, 0.2) is 54.2 Å². The van der Waals surface area contributed by atoms with Crippen LogP contribution < -0.4 is 5.32 Å². The minimum atomic E-state index is -0.327. The maximum Gasteiger partial charge on any atom is 0.253 e. The van der Waals surface area contributed by atoms with Gasteiger partial charge in [-0.05, 0) is 35.9 Å². The number of benzene rings is 2. The Morgan fingerprint density at radius 1 is 1.07 bits per heavy atom. The summed E-state index contributed by atoms with van der Waals surface area (Å²) < 4.78 is 1.88. The van der Waals surface area contributed by atoms with Gasteiger partial charge in [-0.1, -0.05) is 70.3 Å². The predicted molar refractivity (Wildman–Crippen MR) is 124 cm³/mol. The molecular formula is C20H16Cl4N4OS. The van der Waals surface area contributed by atoms with Crippen LogP contribution in [0.25, 0.3) is 0 Å². The van der Waals surface area contributed by atoms with Crippen molar-refractivity contribution in [3.63, 3.8) is 0 Å². The van der Waals surface area contributed by atoms with E-state index >= 15 is 0 Å². The third-order valence-corrected chi connectivity index (χ3v) is 6.21. The Hall–Kier alpha value is -1.70. The summed E-state index contributed by atoms with van der Waals surface area (Å²) in [6.07, 6.45) is 1.74. The summed E-state index contributed by atoms with van der Waals surface area (Å²) in [5, 5.41) is 13.9. The number of carbonyl (C=O) groups is 1. The topological polar surface area (TPSA) is 59.8 Å². The molecule has 156 valence electrons. The molecule has 5 nitrogen and oxygen atoms in total. The molecule has 0 aliphatic carbocycles. The monoisotopic (exact) mass is 500 g/mol. The average Bonchev–Trinajstić information content (AvgIpc) is 3.07. The number of thioether (sulfide) groups is 1. The Balaban J connectivity index is 1.70. The van der Waals surface area contributed by atoms with Crippen molar-refractivity contribution in [3.8, 4) is 0 Å². The highest BCUT2D eigenvalue weighted by Crippen LogP contribution is 2.28. The van der Waals surface area contributed by atoms with Crippen molar-refractivity contribution in [2.24, 2.45) is 0 Å². The van der Waals surface area contributed by atoms with Crippen LogP contribution in [0.3, 0.4) is 0 Å². The van der Waals surface area contributed by atoms with Crippen LogP contribution in [0.2, 0.25) is 20.1 Å². The van der Waals surface area contributed by atoms with Gasteiger partial charge in [0, 0.05) is 27.4 Å². The molecule has 30 heavy (non-hydrogen) atoms. The smallest absolute Gasteiger partial charge is 0.253 e. The second-order valence-corrected chi connectivity index (χ2v) is 8.76. The lowest BCUT2D eigenvalue weighted by molar-refractivity contribution is 0.0949. The van der Waals surface area contributed by atoms with Crippen LogP contribution in [0.5, 0.6) is 0 Å². The second-order valence-electron chi connectivity index (χ2n) is 6.13. The Labute approximate surface area is 198 Å². The molecule has 0 saturated carbocycles. The summed E-state index contributed by atoms with van der Waals surface area (Å²) in [5.74, 6) is 0.864. The van der Waals surface area contributed by atoms with Gasteiger partial charge in [-0.3, -0.25) is 4.79 Å². The van der Waals surface area contributed by atoms with Gasteiger partial charge in [0.25, 0.3) is 5.91 Å². The second kappa shape index (κ2) is 10.6. The Bertz CT molecular complexity index is 1090. The number of amides is 1. The molecule has 1 amide bonds. The fourth-order valence-corrected chi connectivity index (χ4v) is 4.60. The standard InChI is InChI=1S/C20H16Cl4N4OS/c1-2-7-28-18(10-25-19(29)15-6-5-14(22)9-17(15)24)26-27-20(28)30-11-12-3-4-13(21)8-16(12)23/h2-6,8-9H,1,7,10-11H2,(H,25,29). The average molecular weight is 502 g/mol. The summed E-state index contributed by atoms with van der Waals surface area (Å²) in [6, 6.07) is 10.1. The third-order valence-electron chi connectivity index (χ3n) is 4.06. The number of nitrogens with one attached hydrogen (secondary N) is 1. The molecule has 0 fully saturated rings. The normalized spacial score (nSPS) is 10.8. The van der Waals surface area contributed by atoms with Crippen molar-refractivity contribution in [2.75, 3.05) is 0 Å². The van der Waals surface area contributed by atoms with Crippen LogP contribution >= 0.6 is 58.2 Å². The first-order valence-corrected chi connectivity index (χ1v) is 11.2. The number of hydrogen-bond donors (Lipinski definition) is 1. The highest BCUT2D eigenvalue weighted by Gasteiger charge is 2.15. The van der Waals surface area contributed by atoms with Crippen molar-refractivity contribution in [1.82, 2.24) is 20.1 Å². The molecule has 0 aliphatic rings. The Kier molecular flexibility index (Phi) is 8.08. The summed E-state index contributed by atoms with van der Waals surface area (Å²) in [7, 11) is 0. The van der Waals surface area contributed by atoms with E-state index in [4.69, 9.17) is 46.4 Å². The molecule has 0 unspecified atom stereocenters. The summed E-state index contributed by atoms with van der Waals surface area (Å²) in [6.45, 7) is 4.46. The van der Waals surface area contributed by atoms with Crippen LogP contribution in [-0.4, -0.2) is 20.7 Å². The number of allylic oxidation sites excluding steroid dienone is 1. The SMILES string of the molecule is C=CCn1c(CNC(=O)c2ccc(Cl)cc2Cl)nnc1SCc1ccc(Cl)cc1Cl. The molecule has 0 saturated heterocycles. The summed E-state index contributed by atoms with van der Waals surface area (Å²) in [5.41, 5.74) is 1.27. The lowest BCUT2D eigenvalue weighted by Crippen LogP contribution is -2.25. The van der Waals surface area contributed by atoms with E-state index < -0.39 is 0 Å². The van der Waals surface area contributed by atoms with E-state index in [-0.39, 0.29) is 17.5 Å². The number of carbonyl (C=O) groups excluding carboxylic acids is 1. The lowest BCUT2D eigenvalue weighted by atomic mass is 10.2. The summed E-state index contributed by atoms with van der Waals surface area (Å²) in [4.78, 5) is 12.5. The fourth-order valence-electron chi connectivity index (χ4n) is 2.58. The molecule has 1 aromatic heterocycles. The van der Waals surface area contributed by atoms with Gasteiger partial charge in [-0.15, -0.1) is 16.8 Å². The maximum absolute atomic E-state index is 12.5. The number of rotatable bonds is 8. The van der Waals surface area contributed by atoms with Gasteiger partial charge in [0.05, 0.1) is 17.1 Å². The molecule has 0 bridgehead atoms. The van der Waals surface area contributed by atoms with Gasteiger partial charge in [-0.2, -0.15) is 0 Å². The van der Waals surface area contributed by atoms with Gasteiger partial charge in [0.2, 0.25) is 0 Å². The van der Waals surface area contributed by atoms with Crippen molar-refractivity contribution in [1.29, 1.82) is 0 Å². The van der Waals surface area contributed by atoms with Gasteiger partial charge in [0.1, 0.15) is 0 Å². The molecule has 0 aliphatic heterocycles. The molecule has 0 atom stereocenters. The van der Waals surface area contributed by atoms with E-state index in [1.807, 2.05) is 10.6 Å².